The van der Waals surface area contributed by atoms with Gasteiger partial charge in [-0.05, 0) is 29.7 Å². The molecule has 0 saturated carbocycles. The van der Waals surface area contributed by atoms with Crippen LogP contribution in [0.4, 0.5) is 0 Å². The summed E-state index contributed by atoms with van der Waals surface area (Å²) in [5.41, 5.74) is 1.78. The Morgan fingerprint density at radius 3 is 2.16 bits per heavy atom. The van der Waals surface area contributed by atoms with Gasteiger partial charge in [0, 0.05) is 12.3 Å². The first-order valence-corrected chi connectivity index (χ1v) is 9.41. The molecule has 1 N–H and O–H groups in total. The first kappa shape index (κ1) is 22.2. The maximum absolute atomic E-state index is 12.3. The van der Waals surface area contributed by atoms with Gasteiger partial charge in [0.15, 0.2) is 0 Å². The zero-order chi connectivity index (χ0) is 17.6. The largest absolute Gasteiger partial charge is 1.00 e. The molecule has 2 aromatic carbocycles. The molecule has 0 bridgehead atoms. The van der Waals surface area contributed by atoms with Gasteiger partial charge in [-0.3, -0.25) is 4.79 Å². The van der Waals surface area contributed by atoms with Crippen molar-refractivity contribution in [2.75, 3.05) is 5.75 Å². The average molecular weight is 387 g/mol. The zero-order valence-electron chi connectivity index (χ0n) is 13.9. The molecule has 0 aliphatic heterocycles. The maximum Gasteiger partial charge on any atom is 1.00 e. The van der Waals surface area contributed by atoms with Crippen molar-refractivity contribution < 1.29 is 47.3 Å². The number of benzene rings is 2. The summed E-state index contributed by atoms with van der Waals surface area (Å²) in [6.45, 7) is 0.261. The van der Waals surface area contributed by atoms with E-state index in [-0.39, 0.29) is 52.8 Å². The molecule has 128 valence electrons. The number of thiol groups is 1. The molecule has 0 fully saturated rings. The van der Waals surface area contributed by atoms with Crippen LogP contribution in [-0.4, -0.2) is 24.6 Å². The van der Waals surface area contributed by atoms with Crippen molar-refractivity contribution in [2.24, 2.45) is 5.92 Å². The molecule has 0 radical (unpaired) electrons. The fourth-order valence-electron chi connectivity index (χ4n) is 2.25. The van der Waals surface area contributed by atoms with E-state index in [0.717, 1.165) is 5.56 Å². The maximum atomic E-state index is 12.3. The van der Waals surface area contributed by atoms with Gasteiger partial charge in [-0.15, -0.1) is 0 Å². The van der Waals surface area contributed by atoms with Crippen LogP contribution in [-0.2, 0) is 27.9 Å². The van der Waals surface area contributed by atoms with Gasteiger partial charge in [-0.2, -0.15) is 12.6 Å². The zero-order valence-corrected chi connectivity index (χ0v) is 17.6. The molecule has 5 nitrogen and oxygen atoms in total. The van der Waals surface area contributed by atoms with Gasteiger partial charge < -0.3 is 9.87 Å². The van der Waals surface area contributed by atoms with E-state index < -0.39 is 10.1 Å². The summed E-state index contributed by atoms with van der Waals surface area (Å²) in [7, 11) is -4.45. The summed E-state index contributed by atoms with van der Waals surface area (Å²) < 4.78 is 32.6. The van der Waals surface area contributed by atoms with E-state index in [4.69, 9.17) is 0 Å². The monoisotopic (exact) mass is 387 g/mol. The summed E-state index contributed by atoms with van der Waals surface area (Å²) >= 11 is 4.25. The molecule has 1 unspecified atom stereocenters. The van der Waals surface area contributed by atoms with E-state index in [1.54, 1.807) is 0 Å². The van der Waals surface area contributed by atoms with Crippen molar-refractivity contribution in [3.63, 3.8) is 0 Å². The van der Waals surface area contributed by atoms with Crippen LogP contribution in [0.25, 0.3) is 0 Å². The minimum Gasteiger partial charge on any atom is -0.744 e. The molecule has 0 aliphatic rings. The Labute approximate surface area is 175 Å². The molecule has 8 heteroatoms. The van der Waals surface area contributed by atoms with Gasteiger partial charge in [0.1, 0.15) is 10.1 Å². The van der Waals surface area contributed by atoms with Gasteiger partial charge in [0.05, 0.1) is 10.8 Å². The predicted octanol–water partition coefficient (Wildman–Crippen LogP) is -1.00. The summed E-state index contributed by atoms with van der Waals surface area (Å²) in [5, 5.41) is 2.81. The number of carbonyl (C=O) groups is 1. The van der Waals surface area contributed by atoms with Crippen molar-refractivity contribution >= 4 is 28.7 Å². The number of hydrogen-bond donors (Lipinski definition) is 2. The van der Waals surface area contributed by atoms with Crippen LogP contribution in [0, 0.1) is 5.92 Å². The van der Waals surface area contributed by atoms with Crippen molar-refractivity contribution in [3.05, 3.63) is 65.7 Å². The van der Waals surface area contributed by atoms with Crippen molar-refractivity contribution in [2.45, 2.75) is 17.9 Å². The van der Waals surface area contributed by atoms with Crippen molar-refractivity contribution in [1.29, 1.82) is 0 Å². The Balaban J connectivity index is 0.00000312. The molecule has 0 saturated heterocycles. The Morgan fingerprint density at radius 1 is 1.04 bits per heavy atom. The molecule has 0 heterocycles. The number of amides is 1. The summed E-state index contributed by atoms with van der Waals surface area (Å²) in [6, 6.07) is 15.2. The van der Waals surface area contributed by atoms with Crippen LogP contribution in [0.15, 0.2) is 59.5 Å². The second-order valence-corrected chi connectivity index (χ2v) is 7.13. The fraction of sp³-hybridized carbons (Fsp3) is 0.235. The second kappa shape index (κ2) is 10.4. The summed E-state index contributed by atoms with van der Waals surface area (Å²) in [6.07, 6.45) is 0.601. The summed E-state index contributed by atoms with van der Waals surface area (Å²) in [5.74, 6) is 0.0556. The van der Waals surface area contributed by atoms with E-state index in [2.05, 4.69) is 17.9 Å². The van der Waals surface area contributed by atoms with Gasteiger partial charge >= 0.3 is 29.6 Å². The average Bonchev–Trinajstić information content (AvgIpc) is 2.58. The molecule has 0 spiro atoms. The van der Waals surface area contributed by atoms with Gasteiger partial charge in [-0.25, -0.2) is 8.42 Å². The number of hydrogen-bond acceptors (Lipinski definition) is 5. The quantitative estimate of drug-likeness (QED) is 0.363. The first-order chi connectivity index (χ1) is 11.4. The summed E-state index contributed by atoms with van der Waals surface area (Å²) in [4.78, 5) is 12.0. The molecule has 2 aromatic rings. The minimum atomic E-state index is -4.45. The minimum absolute atomic E-state index is 0. The molecule has 1 atom stereocenters. The van der Waals surface area contributed by atoms with Crippen LogP contribution in [0.2, 0.25) is 0 Å². The molecule has 25 heavy (non-hydrogen) atoms. The Bertz CT molecular complexity index is 780. The van der Waals surface area contributed by atoms with Crippen LogP contribution in [0.5, 0.6) is 0 Å². The van der Waals surface area contributed by atoms with E-state index in [0.29, 0.717) is 17.7 Å². The number of nitrogens with one attached hydrogen (secondary N) is 1. The normalized spacial score (nSPS) is 12.1. The molecule has 0 aliphatic carbocycles. The van der Waals surface area contributed by atoms with E-state index in [1.165, 1.54) is 24.3 Å². The fourth-order valence-corrected chi connectivity index (χ4v) is 3.01. The van der Waals surface area contributed by atoms with E-state index in [1.807, 2.05) is 30.3 Å². The molecular formula is C17H18NNaO4S2. The first-order valence-electron chi connectivity index (χ1n) is 7.37. The van der Waals surface area contributed by atoms with Crippen molar-refractivity contribution in [1.82, 2.24) is 5.32 Å². The van der Waals surface area contributed by atoms with Gasteiger partial charge in [0.25, 0.3) is 0 Å². The SMILES string of the molecule is O=C(NCc1ccc(S(=O)(=O)[O-])cc1)C(CS)Cc1ccccc1.[Na+]. The Morgan fingerprint density at radius 2 is 1.64 bits per heavy atom. The standard InChI is InChI=1S/C17H19NO4S2.Na/c19-17(15(12-23)10-13-4-2-1-3-5-13)18-11-14-6-8-16(9-7-14)24(20,21)22;/h1-9,15,23H,10-12H2,(H,18,19)(H,20,21,22);/q;+1/p-1. The molecule has 0 aromatic heterocycles. The van der Waals surface area contributed by atoms with E-state index >= 15 is 0 Å². The number of carbonyl (C=O) groups excluding carboxylic acids is 1. The van der Waals surface area contributed by atoms with Crippen LogP contribution in [0.1, 0.15) is 11.1 Å². The topological polar surface area (TPSA) is 86.3 Å². The predicted molar refractivity (Wildman–Crippen MR) is 93.7 cm³/mol. The smallest absolute Gasteiger partial charge is 0.744 e. The third-order valence-electron chi connectivity index (χ3n) is 3.59. The van der Waals surface area contributed by atoms with Crippen LogP contribution >= 0.6 is 12.6 Å². The Kier molecular flexibility index (Phi) is 9.20. The Hall–Kier alpha value is -0.830. The molecular weight excluding hydrogens is 369 g/mol. The van der Waals surface area contributed by atoms with Crippen molar-refractivity contribution in [3.8, 4) is 0 Å². The third-order valence-corrected chi connectivity index (χ3v) is 4.89. The second-order valence-electron chi connectivity index (χ2n) is 5.39. The number of rotatable bonds is 7. The molecule has 1 amide bonds. The van der Waals surface area contributed by atoms with E-state index in [9.17, 15) is 17.8 Å². The molecule has 2 rings (SSSR count). The van der Waals surface area contributed by atoms with Gasteiger partial charge in [-0.1, -0.05) is 42.5 Å². The van der Waals surface area contributed by atoms with Crippen LogP contribution in [0.3, 0.4) is 0 Å². The van der Waals surface area contributed by atoms with Crippen LogP contribution < -0.4 is 34.9 Å². The third kappa shape index (κ3) is 7.13. The van der Waals surface area contributed by atoms with Gasteiger partial charge in [0.2, 0.25) is 5.91 Å².